The van der Waals surface area contributed by atoms with E-state index in [9.17, 15) is 0 Å². The monoisotopic (exact) mass is 464 g/mol. The molecule has 35 heavy (non-hydrogen) atoms. The van der Waals surface area contributed by atoms with Gasteiger partial charge in [-0.25, -0.2) is 15.0 Å². The van der Waals surface area contributed by atoms with Gasteiger partial charge >= 0.3 is 0 Å². The topological polar surface area (TPSA) is 95.6 Å². The predicted molar refractivity (Wildman–Crippen MR) is 135 cm³/mol. The molecule has 0 saturated heterocycles. The van der Waals surface area contributed by atoms with E-state index in [0.29, 0.717) is 5.92 Å². The molecule has 176 valence electrons. The van der Waals surface area contributed by atoms with Gasteiger partial charge in [0, 0.05) is 29.7 Å². The van der Waals surface area contributed by atoms with E-state index in [1.165, 1.54) is 24.0 Å². The van der Waals surface area contributed by atoms with Crippen LogP contribution >= 0.6 is 0 Å². The van der Waals surface area contributed by atoms with Gasteiger partial charge in [0.05, 0.1) is 18.2 Å². The average molecular weight is 465 g/mol. The summed E-state index contributed by atoms with van der Waals surface area (Å²) in [4.78, 5) is 13.2. The van der Waals surface area contributed by atoms with Crippen molar-refractivity contribution >= 4 is 5.95 Å². The molecule has 0 bridgehead atoms. The lowest BCUT2D eigenvalue weighted by Gasteiger charge is -2.27. The minimum atomic E-state index is -0.290. The average Bonchev–Trinajstić information content (AvgIpc) is 3.45. The van der Waals surface area contributed by atoms with Crippen LogP contribution in [0.5, 0.6) is 0 Å². The van der Waals surface area contributed by atoms with E-state index in [1.807, 2.05) is 17.1 Å². The summed E-state index contributed by atoms with van der Waals surface area (Å²) in [5, 5.41) is 4.55. The van der Waals surface area contributed by atoms with Crippen LogP contribution in [0.15, 0.2) is 83.5 Å². The Morgan fingerprint density at radius 2 is 1.83 bits per heavy atom. The summed E-state index contributed by atoms with van der Waals surface area (Å²) in [6.07, 6.45) is 20.4. The fourth-order valence-electron chi connectivity index (χ4n) is 4.89. The Balaban J connectivity index is 1.26. The number of hydrogen-bond acceptors (Lipinski definition) is 6. The molecular weight excluding hydrogens is 436 g/mol. The van der Waals surface area contributed by atoms with Crippen molar-refractivity contribution in [3.8, 4) is 22.4 Å². The Labute approximate surface area is 204 Å². The highest BCUT2D eigenvalue weighted by molar-refractivity contribution is 5.63. The number of allylic oxidation sites excluding steroid dienone is 4. The first-order chi connectivity index (χ1) is 17.1. The molecule has 1 saturated carbocycles. The Kier molecular flexibility index (Phi) is 5.32. The van der Waals surface area contributed by atoms with E-state index in [-0.39, 0.29) is 11.4 Å². The minimum absolute atomic E-state index is 0.278. The SMILES string of the molecule is CC(c1ccc(-c2cnc(N)nc2)cc1)(c1nc(-c2cnn(CC3=CCCC=C3)c2)co1)C1CC1. The molecule has 7 heteroatoms. The van der Waals surface area contributed by atoms with Crippen molar-refractivity contribution < 1.29 is 4.42 Å². The van der Waals surface area contributed by atoms with Crippen molar-refractivity contribution in [3.63, 3.8) is 0 Å². The van der Waals surface area contributed by atoms with Crippen molar-refractivity contribution in [3.05, 3.63) is 90.6 Å². The first-order valence-electron chi connectivity index (χ1n) is 12.1. The summed E-state index contributed by atoms with van der Waals surface area (Å²) in [7, 11) is 0. The highest BCUT2D eigenvalue weighted by atomic mass is 16.3. The van der Waals surface area contributed by atoms with Crippen LogP contribution in [0.4, 0.5) is 5.95 Å². The molecule has 1 unspecified atom stereocenters. The van der Waals surface area contributed by atoms with Crippen molar-refractivity contribution in [2.75, 3.05) is 5.73 Å². The zero-order valence-corrected chi connectivity index (χ0v) is 19.8. The molecule has 2 aliphatic carbocycles. The summed E-state index contributed by atoms with van der Waals surface area (Å²) in [5.41, 5.74) is 11.6. The number of benzene rings is 1. The molecule has 1 fully saturated rings. The molecule has 2 aliphatic rings. The molecule has 0 radical (unpaired) electrons. The normalized spacial score (nSPS) is 17.2. The summed E-state index contributed by atoms with van der Waals surface area (Å²) >= 11 is 0. The van der Waals surface area contributed by atoms with Crippen LogP contribution in [0, 0.1) is 5.92 Å². The first-order valence-corrected chi connectivity index (χ1v) is 12.1. The fourth-order valence-corrected chi connectivity index (χ4v) is 4.89. The quantitative estimate of drug-likeness (QED) is 0.384. The van der Waals surface area contributed by atoms with E-state index in [4.69, 9.17) is 15.1 Å². The number of anilines is 1. The van der Waals surface area contributed by atoms with Crippen LogP contribution in [0.2, 0.25) is 0 Å². The predicted octanol–water partition coefficient (Wildman–Crippen LogP) is 5.57. The second-order valence-electron chi connectivity index (χ2n) is 9.61. The summed E-state index contributed by atoms with van der Waals surface area (Å²) in [6.45, 7) is 3.01. The summed E-state index contributed by atoms with van der Waals surface area (Å²) < 4.78 is 8.09. The number of hydrogen-bond donors (Lipinski definition) is 1. The molecule has 0 amide bonds. The summed E-state index contributed by atoms with van der Waals surface area (Å²) in [5.74, 6) is 1.54. The molecule has 6 rings (SSSR count). The first kappa shape index (κ1) is 21.5. The van der Waals surface area contributed by atoms with Gasteiger partial charge in [0.2, 0.25) is 11.8 Å². The Hall–Kier alpha value is -4.00. The molecule has 0 aliphatic heterocycles. The summed E-state index contributed by atoms with van der Waals surface area (Å²) in [6, 6.07) is 8.54. The van der Waals surface area contributed by atoms with Crippen molar-refractivity contribution in [1.29, 1.82) is 0 Å². The standard InChI is InChI=1S/C28H28N6O/c1-28(24-11-12-24,23-9-7-20(8-10-23)21-13-30-27(29)31-14-21)26-33-25(18-35-26)22-15-32-34(17-22)16-19-5-3-2-4-6-19/h3,5-10,13-15,17-18,24H,2,4,11-12,16H2,1H3,(H2,29,30,31). The zero-order chi connectivity index (χ0) is 23.8. The number of oxazole rings is 1. The molecular formula is C28H28N6O. The molecule has 1 atom stereocenters. The maximum atomic E-state index is 6.12. The highest BCUT2D eigenvalue weighted by Gasteiger charge is 2.47. The maximum absolute atomic E-state index is 6.12. The maximum Gasteiger partial charge on any atom is 0.219 e. The lowest BCUT2D eigenvalue weighted by molar-refractivity contribution is 0.357. The van der Waals surface area contributed by atoms with Crippen LogP contribution in [0.1, 0.15) is 44.1 Å². The smallest absolute Gasteiger partial charge is 0.219 e. The van der Waals surface area contributed by atoms with Gasteiger partial charge in [0.1, 0.15) is 12.0 Å². The van der Waals surface area contributed by atoms with Crippen LogP contribution in [-0.2, 0) is 12.0 Å². The molecule has 2 N–H and O–H groups in total. The number of aromatic nitrogens is 5. The molecule has 0 spiro atoms. The molecule has 4 aromatic rings. The van der Waals surface area contributed by atoms with Gasteiger partial charge in [-0.15, -0.1) is 0 Å². The third-order valence-corrected chi connectivity index (χ3v) is 7.18. The van der Waals surface area contributed by atoms with Gasteiger partial charge < -0.3 is 10.2 Å². The molecule has 7 nitrogen and oxygen atoms in total. The van der Waals surface area contributed by atoms with Crippen molar-refractivity contribution in [1.82, 2.24) is 24.7 Å². The largest absolute Gasteiger partial charge is 0.447 e. The van der Waals surface area contributed by atoms with Gasteiger partial charge in [0.25, 0.3) is 0 Å². The molecule has 3 aromatic heterocycles. The van der Waals surface area contributed by atoms with E-state index in [0.717, 1.165) is 47.7 Å². The van der Waals surface area contributed by atoms with Gasteiger partial charge in [-0.2, -0.15) is 5.10 Å². The van der Waals surface area contributed by atoms with Gasteiger partial charge in [-0.05, 0) is 55.2 Å². The third-order valence-electron chi connectivity index (χ3n) is 7.18. The lowest BCUT2D eigenvalue weighted by Crippen LogP contribution is -2.26. The number of nitrogen functional groups attached to an aromatic ring is 1. The van der Waals surface area contributed by atoms with Gasteiger partial charge in [-0.1, -0.05) is 42.5 Å². The second kappa shape index (κ2) is 8.65. The van der Waals surface area contributed by atoms with Crippen LogP contribution in [0.3, 0.4) is 0 Å². The Bertz CT molecular complexity index is 1390. The third kappa shape index (κ3) is 4.18. The molecule has 1 aromatic carbocycles. The Morgan fingerprint density at radius 3 is 2.54 bits per heavy atom. The van der Waals surface area contributed by atoms with E-state index >= 15 is 0 Å². The fraction of sp³-hybridized carbons (Fsp3) is 0.286. The molecule has 3 heterocycles. The number of nitrogens with two attached hydrogens (primary N) is 1. The number of rotatable bonds is 7. The lowest BCUT2D eigenvalue weighted by atomic mass is 9.77. The van der Waals surface area contributed by atoms with Crippen LogP contribution < -0.4 is 5.73 Å². The van der Waals surface area contributed by atoms with E-state index in [1.54, 1.807) is 18.7 Å². The van der Waals surface area contributed by atoms with Gasteiger partial charge in [-0.3, -0.25) is 4.68 Å². The number of nitrogens with zero attached hydrogens (tertiary/aromatic N) is 5. The van der Waals surface area contributed by atoms with E-state index in [2.05, 4.69) is 64.5 Å². The zero-order valence-electron chi connectivity index (χ0n) is 19.8. The van der Waals surface area contributed by atoms with Crippen LogP contribution in [0.25, 0.3) is 22.4 Å². The van der Waals surface area contributed by atoms with Crippen molar-refractivity contribution in [2.24, 2.45) is 5.92 Å². The van der Waals surface area contributed by atoms with Crippen molar-refractivity contribution in [2.45, 2.75) is 44.6 Å². The minimum Gasteiger partial charge on any atom is -0.447 e. The van der Waals surface area contributed by atoms with Gasteiger partial charge in [0.15, 0.2) is 0 Å². The highest BCUT2D eigenvalue weighted by Crippen LogP contribution is 2.51. The van der Waals surface area contributed by atoms with E-state index < -0.39 is 0 Å². The Morgan fingerprint density at radius 1 is 1.03 bits per heavy atom. The second-order valence-corrected chi connectivity index (χ2v) is 9.61. The van der Waals surface area contributed by atoms with Crippen LogP contribution in [-0.4, -0.2) is 24.7 Å².